The monoisotopic (exact) mass is 417 g/mol. The van der Waals surface area contributed by atoms with Crippen LogP contribution in [0.1, 0.15) is 34.1 Å². The molecule has 0 aliphatic carbocycles. The summed E-state index contributed by atoms with van der Waals surface area (Å²) < 4.78 is 10.6. The van der Waals surface area contributed by atoms with E-state index in [1.807, 2.05) is 36.4 Å². The zero-order valence-electron chi connectivity index (χ0n) is 17.4. The van der Waals surface area contributed by atoms with E-state index < -0.39 is 6.04 Å². The Morgan fingerprint density at radius 2 is 1.87 bits per heavy atom. The first-order chi connectivity index (χ1) is 15.1. The van der Waals surface area contributed by atoms with Crippen LogP contribution in [0.15, 0.2) is 66.9 Å². The van der Waals surface area contributed by atoms with E-state index in [1.165, 1.54) is 0 Å². The molecule has 1 N–H and O–H groups in total. The summed E-state index contributed by atoms with van der Waals surface area (Å²) in [5.74, 6) is 0.999. The van der Waals surface area contributed by atoms with Crippen molar-refractivity contribution < 1.29 is 19.1 Å². The van der Waals surface area contributed by atoms with Crippen LogP contribution in [0.3, 0.4) is 0 Å². The van der Waals surface area contributed by atoms with Crippen molar-refractivity contribution in [3.05, 3.63) is 83.7 Å². The second-order valence-corrected chi connectivity index (χ2v) is 7.12. The van der Waals surface area contributed by atoms with Crippen molar-refractivity contribution in [3.8, 4) is 11.5 Å². The zero-order valence-corrected chi connectivity index (χ0v) is 17.4. The molecular weight excluding hydrogens is 394 g/mol. The number of hydrogen-bond acceptors (Lipinski definition) is 5. The molecule has 1 aromatic heterocycles. The van der Waals surface area contributed by atoms with Gasteiger partial charge in [-0.05, 0) is 42.5 Å². The van der Waals surface area contributed by atoms with Crippen molar-refractivity contribution in [3.63, 3.8) is 0 Å². The Morgan fingerprint density at radius 3 is 2.61 bits per heavy atom. The third-order valence-corrected chi connectivity index (χ3v) is 5.29. The molecule has 1 unspecified atom stereocenters. The zero-order chi connectivity index (χ0) is 21.8. The molecule has 1 atom stereocenters. The maximum absolute atomic E-state index is 13.0. The molecule has 0 spiro atoms. The normalized spacial score (nSPS) is 14.8. The molecule has 2 aromatic carbocycles. The second-order valence-electron chi connectivity index (χ2n) is 7.12. The number of methoxy groups -OCH3 is 2. The molecule has 0 fully saturated rings. The molecule has 158 valence electrons. The first kappa shape index (κ1) is 20.4. The van der Waals surface area contributed by atoms with Gasteiger partial charge >= 0.3 is 0 Å². The topological polar surface area (TPSA) is 80.8 Å². The SMILES string of the molecule is COc1ccc(OC)c(CNC(=O)CC2c3ncccc3C(=O)N2c2ccccc2)c1. The lowest BCUT2D eigenvalue weighted by Gasteiger charge is -2.24. The van der Waals surface area contributed by atoms with Gasteiger partial charge in [-0.25, -0.2) is 0 Å². The number of benzene rings is 2. The Kier molecular flexibility index (Phi) is 5.84. The Balaban J connectivity index is 1.54. The summed E-state index contributed by atoms with van der Waals surface area (Å²) in [5, 5.41) is 2.93. The third-order valence-electron chi connectivity index (χ3n) is 5.29. The van der Waals surface area contributed by atoms with E-state index in [9.17, 15) is 9.59 Å². The average molecular weight is 417 g/mol. The van der Waals surface area contributed by atoms with Crippen molar-refractivity contribution >= 4 is 17.5 Å². The highest BCUT2D eigenvalue weighted by molar-refractivity contribution is 6.11. The van der Waals surface area contributed by atoms with Gasteiger partial charge in [0.2, 0.25) is 5.91 Å². The van der Waals surface area contributed by atoms with Crippen LogP contribution >= 0.6 is 0 Å². The minimum Gasteiger partial charge on any atom is -0.497 e. The Bertz CT molecular complexity index is 1100. The standard InChI is InChI=1S/C24H23N3O4/c1-30-18-10-11-21(31-2)16(13-18)15-26-22(28)14-20-23-19(9-6-12-25-23)24(29)27(20)17-7-4-3-5-8-17/h3-13,20H,14-15H2,1-2H3,(H,26,28). The molecule has 2 heterocycles. The van der Waals surface area contributed by atoms with Crippen LogP contribution in [0.4, 0.5) is 5.69 Å². The number of pyridine rings is 1. The Hall–Kier alpha value is -3.87. The van der Waals surface area contributed by atoms with E-state index in [0.717, 1.165) is 11.3 Å². The quantitative estimate of drug-likeness (QED) is 0.636. The second kappa shape index (κ2) is 8.87. The van der Waals surface area contributed by atoms with Crippen LogP contribution in [0.2, 0.25) is 0 Å². The summed E-state index contributed by atoms with van der Waals surface area (Å²) in [7, 11) is 3.17. The number of rotatable bonds is 7. The van der Waals surface area contributed by atoms with Gasteiger partial charge in [0.1, 0.15) is 11.5 Å². The summed E-state index contributed by atoms with van der Waals surface area (Å²) in [6.07, 6.45) is 1.74. The van der Waals surface area contributed by atoms with Crippen LogP contribution in [0.25, 0.3) is 0 Å². The number of fused-ring (bicyclic) bond motifs is 1. The molecule has 0 saturated heterocycles. The van der Waals surface area contributed by atoms with Crippen molar-refractivity contribution in [2.45, 2.75) is 19.0 Å². The number of nitrogens with zero attached hydrogens (tertiary/aromatic N) is 2. The Labute approximate surface area is 180 Å². The molecule has 31 heavy (non-hydrogen) atoms. The lowest BCUT2D eigenvalue weighted by molar-refractivity contribution is -0.121. The molecule has 4 rings (SSSR count). The predicted molar refractivity (Wildman–Crippen MR) is 116 cm³/mol. The summed E-state index contributed by atoms with van der Waals surface area (Å²) in [6, 6.07) is 17.8. The number of carbonyl (C=O) groups excluding carboxylic acids is 2. The van der Waals surface area contributed by atoms with Gasteiger partial charge in [-0.3, -0.25) is 19.5 Å². The van der Waals surface area contributed by atoms with Gasteiger partial charge in [-0.2, -0.15) is 0 Å². The summed E-state index contributed by atoms with van der Waals surface area (Å²) in [6.45, 7) is 0.278. The van der Waals surface area contributed by atoms with Crippen molar-refractivity contribution in [2.24, 2.45) is 0 Å². The first-order valence-corrected chi connectivity index (χ1v) is 9.93. The van der Waals surface area contributed by atoms with Gasteiger partial charge in [0.05, 0.1) is 37.9 Å². The van der Waals surface area contributed by atoms with Gasteiger partial charge < -0.3 is 14.8 Å². The van der Waals surface area contributed by atoms with Crippen molar-refractivity contribution in [1.82, 2.24) is 10.3 Å². The van der Waals surface area contributed by atoms with Gasteiger partial charge in [-0.1, -0.05) is 18.2 Å². The number of anilines is 1. The van der Waals surface area contributed by atoms with E-state index in [1.54, 1.807) is 49.6 Å². The number of nitrogens with one attached hydrogen (secondary N) is 1. The molecule has 3 aromatic rings. The average Bonchev–Trinajstić information content (AvgIpc) is 3.09. The van der Waals surface area contributed by atoms with E-state index in [-0.39, 0.29) is 24.8 Å². The fourth-order valence-corrected chi connectivity index (χ4v) is 3.79. The highest BCUT2D eigenvalue weighted by Crippen LogP contribution is 2.38. The van der Waals surface area contributed by atoms with E-state index in [4.69, 9.17) is 9.47 Å². The van der Waals surface area contributed by atoms with Crippen molar-refractivity contribution in [2.75, 3.05) is 19.1 Å². The van der Waals surface area contributed by atoms with Crippen LogP contribution < -0.4 is 19.7 Å². The summed E-state index contributed by atoms with van der Waals surface area (Å²) in [4.78, 5) is 32.0. The maximum atomic E-state index is 13.0. The number of hydrogen-bond donors (Lipinski definition) is 1. The first-order valence-electron chi connectivity index (χ1n) is 9.93. The van der Waals surface area contributed by atoms with Crippen LogP contribution in [0, 0.1) is 0 Å². The van der Waals surface area contributed by atoms with Crippen LogP contribution in [-0.4, -0.2) is 31.0 Å². The highest BCUT2D eigenvalue weighted by Gasteiger charge is 2.39. The molecule has 0 saturated carbocycles. The maximum Gasteiger partial charge on any atom is 0.260 e. The molecule has 0 bridgehead atoms. The number of carbonyl (C=O) groups is 2. The largest absolute Gasteiger partial charge is 0.497 e. The van der Waals surface area contributed by atoms with E-state index >= 15 is 0 Å². The fraction of sp³-hybridized carbons (Fsp3) is 0.208. The minimum atomic E-state index is -0.474. The molecule has 1 aliphatic rings. The fourth-order valence-electron chi connectivity index (χ4n) is 3.79. The van der Waals surface area contributed by atoms with Gasteiger partial charge in [0, 0.05) is 24.0 Å². The van der Waals surface area contributed by atoms with E-state index in [2.05, 4.69) is 10.3 Å². The highest BCUT2D eigenvalue weighted by atomic mass is 16.5. The van der Waals surface area contributed by atoms with Gasteiger partial charge in [0.25, 0.3) is 5.91 Å². The van der Waals surface area contributed by atoms with Crippen LogP contribution in [-0.2, 0) is 11.3 Å². The lowest BCUT2D eigenvalue weighted by atomic mass is 10.1. The summed E-state index contributed by atoms with van der Waals surface area (Å²) >= 11 is 0. The smallest absolute Gasteiger partial charge is 0.260 e. The molecule has 2 amide bonds. The van der Waals surface area contributed by atoms with Gasteiger partial charge in [0.15, 0.2) is 0 Å². The minimum absolute atomic E-state index is 0.0942. The molecule has 0 radical (unpaired) electrons. The van der Waals surface area contributed by atoms with Gasteiger partial charge in [-0.15, -0.1) is 0 Å². The van der Waals surface area contributed by atoms with Crippen LogP contribution in [0.5, 0.6) is 11.5 Å². The van der Waals surface area contributed by atoms with Crippen molar-refractivity contribution in [1.29, 1.82) is 0 Å². The number of ether oxygens (including phenoxy) is 2. The predicted octanol–water partition coefficient (Wildman–Crippen LogP) is 3.51. The Morgan fingerprint density at radius 1 is 1.06 bits per heavy atom. The number of amides is 2. The molecule has 7 heteroatoms. The molecule has 7 nitrogen and oxygen atoms in total. The number of para-hydroxylation sites is 1. The number of aromatic nitrogens is 1. The molecular formula is C24H23N3O4. The molecule has 1 aliphatic heterocycles. The summed E-state index contributed by atoms with van der Waals surface area (Å²) in [5.41, 5.74) is 2.68. The lowest BCUT2D eigenvalue weighted by Crippen LogP contribution is -2.33. The van der Waals surface area contributed by atoms with E-state index in [0.29, 0.717) is 22.8 Å². The third kappa shape index (κ3) is 4.07.